The fourth-order valence-electron chi connectivity index (χ4n) is 2.60. The molecule has 0 aliphatic heterocycles. The number of phenolic OH excluding ortho intramolecular Hbond substituents is 1. The second-order valence-corrected chi connectivity index (χ2v) is 5.08. The molecule has 0 radical (unpaired) electrons. The van der Waals surface area contributed by atoms with Crippen molar-refractivity contribution in [3.8, 4) is 11.4 Å². The van der Waals surface area contributed by atoms with Gasteiger partial charge in [0.15, 0.2) is 5.84 Å². The van der Waals surface area contributed by atoms with Crippen molar-refractivity contribution in [2.45, 2.75) is 27.2 Å². The Morgan fingerprint density at radius 3 is 2.30 bits per heavy atom. The Balaban J connectivity index is 2.75. The van der Waals surface area contributed by atoms with Crippen molar-refractivity contribution in [1.29, 1.82) is 0 Å². The average molecular weight is 317 g/mol. The van der Waals surface area contributed by atoms with Crippen LogP contribution in [0.25, 0.3) is 5.69 Å². The van der Waals surface area contributed by atoms with Crippen LogP contribution in [0.1, 0.15) is 32.0 Å². The van der Waals surface area contributed by atoms with Crippen molar-refractivity contribution in [1.82, 2.24) is 9.78 Å². The molecule has 0 amide bonds. The summed E-state index contributed by atoms with van der Waals surface area (Å²) < 4.78 is 1.78. The molecule has 0 saturated carbocycles. The first-order chi connectivity index (χ1) is 11.1. The predicted octanol–water partition coefficient (Wildman–Crippen LogP) is 2.08. The highest BCUT2D eigenvalue weighted by molar-refractivity contribution is 6.03. The van der Waals surface area contributed by atoms with Crippen molar-refractivity contribution in [2.24, 2.45) is 10.9 Å². The van der Waals surface area contributed by atoms with E-state index in [2.05, 4.69) is 15.2 Å². The molecule has 124 valence electrons. The lowest BCUT2D eigenvalue weighted by Gasteiger charge is -2.23. The molecular weight excluding hydrogens is 294 g/mol. The highest BCUT2D eigenvalue weighted by Crippen LogP contribution is 2.28. The standard InChI is InChI=1S/C16H23N5O2/c1-4-13-14(15(17)19-23)16(20(5-2)6-3)21(18-13)11-7-9-12(22)10-8-11/h7-10,22-23H,4-6H2,1-3H3,(H2,17,19). The van der Waals surface area contributed by atoms with Crippen molar-refractivity contribution >= 4 is 11.7 Å². The number of amidine groups is 1. The molecule has 0 atom stereocenters. The normalized spacial score (nSPS) is 11.7. The maximum atomic E-state index is 9.49. The van der Waals surface area contributed by atoms with Gasteiger partial charge in [-0.3, -0.25) is 0 Å². The lowest BCUT2D eigenvalue weighted by atomic mass is 10.1. The highest BCUT2D eigenvalue weighted by Gasteiger charge is 2.24. The summed E-state index contributed by atoms with van der Waals surface area (Å²) in [5.74, 6) is 1.03. The number of benzene rings is 1. The zero-order valence-electron chi connectivity index (χ0n) is 13.7. The molecule has 1 aromatic carbocycles. The minimum Gasteiger partial charge on any atom is -0.508 e. The summed E-state index contributed by atoms with van der Waals surface area (Å²) in [6.45, 7) is 7.58. The fraction of sp³-hybridized carbons (Fsp3) is 0.375. The van der Waals surface area contributed by atoms with Crippen LogP contribution >= 0.6 is 0 Å². The van der Waals surface area contributed by atoms with Gasteiger partial charge in [-0.15, -0.1) is 0 Å². The average Bonchev–Trinajstić information content (AvgIpc) is 2.95. The number of nitrogens with zero attached hydrogens (tertiary/aromatic N) is 4. The van der Waals surface area contributed by atoms with Crippen molar-refractivity contribution < 1.29 is 10.3 Å². The Morgan fingerprint density at radius 1 is 1.22 bits per heavy atom. The summed E-state index contributed by atoms with van der Waals surface area (Å²) in [4.78, 5) is 2.10. The number of anilines is 1. The van der Waals surface area contributed by atoms with E-state index in [1.54, 1.807) is 28.9 Å². The van der Waals surface area contributed by atoms with Crippen molar-refractivity contribution in [3.05, 3.63) is 35.5 Å². The van der Waals surface area contributed by atoms with Gasteiger partial charge in [0.2, 0.25) is 0 Å². The van der Waals surface area contributed by atoms with E-state index in [1.165, 1.54) is 0 Å². The van der Waals surface area contributed by atoms with Gasteiger partial charge in [-0.25, -0.2) is 4.68 Å². The molecule has 23 heavy (non-hydrogen) atoms. The molecule has 0 unspecified atom stereocenters. The minimum atomic E-state index is 0.0498. The summed E-state index contributed by atoms with van der Waals surface area (Å²) >= 11 is 0. The number of aromatic nitrogens is 2. The van der Waals surface area contributed by atoms with Crippen LogP contribution in [0.15, 0.2) is 29.4 Å². The summed E-state index contributed by atoms with van der Waals surface area (Å²) in [5.41, 5.74) is 8.12. The lowest BCUT2D eigenvalue weighted by Crippen LogP contribution is -2.28. The molecule has 0 saturated heterocycles. The van der Waals surface area contributed by atoms with Crippen molar-refractivity contribution in [2.75, 3.05) is 18.0 Å². The van der Waals surface area contributed by atoms with E-state index in [0.717, 1.165) is 30.3 Å². The van der Waals surface area contributed by atoms with Gasteiger partial charge in [0.1, 0.15) is 11.6 Å². The Labute approximate surface area is 135 Å². The van der Waals surface area contributed by atoms with Crippen LogP contribution in [0, 0.1) is 0 Å². The largest absolute Gasteiger partial charge is 0.508 e. The van der Waals surface area contributed by atoms with E-state index in [0.29, 0.717) is 12.0 Å². The molecule has 0 bridgehead atoms. The summed E-state index contributed by atoms with van der Waals surface area (Å²) in [6.07, 6.45) is 0.658. The molecule has 1 aromatic heterocycles. The first-order valence-electron chi connectivity index (χ1n) is 7.71. The van der Waals surface area contributed by atoms with Gasteiger partial charge in [-0.1, -0.05) is 12.1 Å². The molecule has 4 N–H and O–H groups in total. The maximum absolute atomic E-state index is 9.49. The smallest absolute Gasteiger partial charge is 0.175 e. The SMILES string of the molecule is CCc1nn(-c2ccc(O)cc2)c(N(CC)CC)c1/C(N)=N/O. The van der Waals surface area contributed by atoms with E-state index in [1.807, 2.05) is 20.8 Å². The molecule has 0 aliphatic carbocycles. The number of aromatic hydroxyl groups is 1. The minimum absolute atomic E-state index is 0.0498. The van der Waals surface area contributed by atoms with Gasteiger partial charge in [0.25, 0.3) is 0 Å². The third-order valence-corrected chi connectivity index (χ3v) is 3.79. The van der Waals surface area contributed by atoms with Crippen LogP contribution in [0.3, 0.4) is 0 Å². The van der Waals surface area contributed by atoms with Gasteiger partial charge in [-0.2, -0.15) is 5.10 Å². The number of hydrogen-bond donors (Lipinski definition) is 3. The third kappa shape index (κ3) is 3.08. The van der Waals surface area contributed by atoms with Crippen LogP contribution in [0.5, 0.6) is 5.75 Å². The zero-order chi connectivity index (χ0) is 17.0. The van der Waals surface area contributed by atoms with E-state index < -0.39 is 0 Å². The van der Waals surface area contributed by atoms with Gasteiger partial charge in [0, 0.05) is 13.1 Å². The zero-order valence-corrected chi connectivity index (χ0v) is 13.7. The number of hydrogen-bond acceptors (Lipinski definition) is 5. The van der Waals surface area contributed by atoms with Crippen LogP contribution in [0.2, 0.25) is 0 Å². The molecule has 7 nitrogen and oxygen atoms in total. The summed E-state index contributed by atoms with van der Waals surface area (Å²) in [5, 5.41) is 26.5. The highest BCUT2D eigenvalue weighted by atomic mass is 16.4. The molecule has 2 rings (SSSR count). The summed E-state index contributed by atoms with van der Waals surface area (Å²) in [7, 11) is 0. The molecule has 0 fully saturated rings. The number of aryl methyl sites for hydroxylation is 1. The Kier molecular flexibility index (Phi) is 5.10. The van der Waals surface area contributed by atoms with E-state index in [9.17, 15) is 5.11 Å². The monoisotopic (exact) mass is 317 g/mol. The van der Waals surface area contributed by atoms with Crippen LogP contribution in [0.4, 0.5) is 5.82 Å². The maximum Gasteiger partial charge on any atom is 0.175 e. The van der Waals surface area contributed by atoms with Gasteiger partial charge in [-0.05, 0) is 44.5 Å². The number of phenols is 1. The molecule has 0 aliphatic rings. The molecule has 7 heteroatoms. The van der Waals surface area contributed by atoms with Gasteiger partial charge >= 0.3 is 0 Å². The number of nitrogens with two attached hydrogens (primary N) is 1. The fourth-order valence-corrected chi connectivity index (χ4v) is 2.60. The van der Waals surface area contributed by atoms with Crippen molar-refractivity contribution in [3.63, 3.8) is 0 Å². The lowest BCUT2D eigenvalue weighted by molar-refractivity contribution is 0.318. The Bertz CT molecular complexity index is 687. The van der Waals surface area contributed by atoms with E-state index in [-0.39, 0.29) is 11.6 Å². The number of rotatable bonds is 6. The second kappa shape index (κ2) is 7.04. The Morgan fingerprint density at radius 2 is 1.83 bits per heavy atom. The molecular formula is C16H23N5O2. The molecule has 0 spiro atoms. The van der Waals surface area contributed by atoms with Gasteiger partial charge < -0.3 is 20.9 Å². The summed E-state index contributed by atoms with van der Waals surface area (Å²) in [6, 6.07) is 6.78. The van der Waals surface area contributed by atoms with E-state index in [4.69, 9.17) is 10.9 Å². The quantitative estimate of drug-likeness (QED) is 0.328. The van der Waals surface area contributed by atoms with Crippen LogP contribution in [-0.2, 0) is 6.42 Å². The van der Waals surface area contributed by atoms with Crippen LogP contribution in [-0.4, -0.2) is 39.0 Å². The van der Waals surface area contributed by atoms with Gasteiger partial charge in [0.05, 0.1) is 16.9 Å². The second-order valence-electron chi connectivity index (χ2n) is 5.08. The first-order valence-corrected chi connectivity index (χ1v) is 7.71. The first kappa shape index (κ1) is 16.7. The van der Waals surface area contributed by atoms with Crippen LogP contribution < -0.4 is 10.6 Å². The predicted molar refractivity (Wildman–Crippen MR) is 90.7 cm³/mol. The molecule has 2 aromatic rings. The molecule has 1 heterocycles. The third-order valence-electron chi connectivity index (χ3n) is 3.79. The Hall–Kier alpha value is -2.70. The van der Waals surface area contributed by atoms with E-state index >= 15 is 0 Å². The topological polar surface area (TPSA) is 99.9 Å². The number of oxime groups is 1.